The van der Waals surface area contributed by atoms with Crippen LogP contribution >= 0.6 is 11.6 Å². The second-order valence-electron chi connectivity index (χ2n) is 6.75. The lowest BCUT2D eigenvalue weighted by molar-refractivity contribution is -0.143. The number of hydrogen-bond acceptors (Lipinski definition) is 5. The smallest absolute Gasteiger partial charge is 0.434 e. The van der Waals surface area contributed by atoms with Crippen molar-refractivity contribution in [1.29, 1.82) is 0 Å². The van der Waals surface area contributed by atoms with Crippen LogP contribution in [0.5, 0.6) is 5.75 Å². The first kappa shape index (κ1) is 23.6. The fraction of sp³-hybridized carbons (Fsp3) is 0.200. The van der Waals surface area contributed by atoms with Gasteiger partial charge in [-0.15, -0.1) is 0 Å². The maximum atomic E-state index is 13.8. The topological polar surface area (TPSA) is 90.3 Å². The Morgan fingerprint density at radius 1 is 1.19 bits per heavy atom. The Bertz CT molecular complexity index is 1230. The molecular formula is C20H17ClF3N3O4S. The van der Waals surface area contributed by atoms with Gasteiger partial charge in [0.15, 0.2) is 15.5 Å². The molecule has 3 aromatic rings. The molecule has 0 bridgehead atoms. The van der Waals surface area contributed by atoms with Crippen LogP contribution in [0.3, 0.4) is 0 Å². The van der Waals surface area contributed by atoms with Crippen molar-refractivity contribution in [2.24, 2.45) is 0 Å². The highest BCUT2D eigenvalue weighted by Gasteiger charge is 2.40. The number of aromatic nitrogens is 2. The van der Waals surface area contributed by atoms with Crippen LogP contribution in [0.15, 0.2) is 54.7 Å². The van der Waals surface area contributed by atoms with E-state index in [9.17, 15) is 26.4 Å². The molecule has 0 radical (unpaired) electrons. The van der Waals surface area contributed by atoms with E-state index in [1.807, 2.05) is 0 Å². The number of nitrogens with zero attached hydrogens (tertiary/aromatic N) is 2. The molecule has 1 N–H and O–H groups in total. The minimum absolute atomic E-state index is 0.0852. The fourth-order valence-electron chi connectivity index (χ4n) is 2.74. The van der Waals surface area contributed by atoms with E-state index < -0.39 is 33.2 Å². The van der Waals surface area contributed by atoms with E-state index in [2.05, 4.69) is 10.4 Å². The van der Waals surface area contributed by atoms with Gasteiger partial charge in [-0.1, -0.05) is 17.7 Å². The van der Waals surface area contributed by atoms with Crippen LogP contribution in [0.2, 0.25) is 5.02 Å². The minimum atomic E-state index is -4.86. The normalized spacial score (nSPS) is 11.9. The molecule has 32 heavy (non-hydrogen) atoms. The molecule has 0 saturated heterocycles. The highest BCUT2D eigenvalue weighted by molar-refractivity contribution is 7.90. The lowest BCUT2D eigenvalue weighted by Crippen LogP contribution is -2.20. The number of sulfone groups is 1. The van der Waals surface area contributed by atoms with E-state index in [0.29, 0.717) is 9.70 Å². The molecule has 7 nitrogen and oxygen atoms in total. The molecule has 3 rings (SSSR count). The van der Waals surface area contributed by atoms with Crippen molar-refractivity contribution in [1.82, 2.24) is 9.78 Å². The summed E-state index contributed by atoms with van der Waals surface area (Å²) in [4.78, 5) is 12.6. The van der Waals surface area contributed by atoms with Gasteiger partial charge in [-0.05, 0) is 36.4 Å². The Balaban J connectivity index is 1.84. The molecule has 12 heteroatoms. The van der Waals surface area contributed by atoms with Crippen LogP contribution in [-0.2, 0) is 16.0 Å². The average molecular weight is 488 g/mol. The average Bonchev–Trinajstić information content (AvgIpc) is 3.14. The lowest BCUT2D eigenvalue weighted by Gasteiger charge is -2.13. The SMILES string of the molecule is CS(=O)(=O)CCOc1cccc(NC(=O)c2cnn(-c3ccc(Cl)cc3)c2C(F)(F)F)c1. The van der Waals surface area contributed by atoms with Crippen LogP contribution in [-0.4, -0.2) is 42.7 Å². The molecule has 170 valence electrons. The molecule has 1 amide bonds. The van der Waals surface area contributed by atoms with Crippen LogP contribution in [0.25, 0.3) is 5.69 Å². The molecule has 1 aromatic heterocycles. The molecule has 0 fully saturated rings. The minimum Gasteiger partial charge on any atom is -0.492 e. The zero-order valence-electron chi connectivity index (χ0n) is 16.6. The van der Waals surface area contributed by atoms with Crippen molar-refractivity contribution in [3.8, 4) is 11.4 Å². The van der Waals surface area contributed by atoms with Crippen molar-refractivity contribution in [2.75, 3.05) is 23.9 Å². The van der Waals surface area contributed by atoms with Crippen LogP contribution in [0.1, 0.15) is 16.1 Å². The number of hydrogen-bond donors (Lipinski definition) is 1. The summed E-state index contributed by atoms with van der Waals surface area (Å²) in [5.74, 6) is -0.979. The first-order chi connectivity index (χ1) is 14.9. The Kier molecular flexibility index (Phi) is 6.79. The summed E-state index contributed by atoms with van der Waals surface area (Å²) < 4.78 is 69.6. The number of ether oxygens (including phenoxy) is 1. The van der Waals surface area contributed by atoms with Gasteiger partial charge in [0.05, 0.1) is 23.2 Å². The summed E-state index contributed by atoms with van der Waals surface area (Å²) in [5, 5.41) is 6.46. The number of alkyl halides is 3. The molecule has 0 aliphatic rings. The molecule has 0 atom stereocenters. The highest BCUT2D eigenvalue weighted by Crippen LogP contribution is 2.34. The molecule has 0 saturated carbocycles. The van der Waals surface area contributed by atoms with E-state index in [0.717, 1.165) is 12.5 Å². The third-order valence-electron chi connectivity index (χ3n) is 4.17. The van der Waals surface area contributed by atoms with E-state index in [4.69, 9.17) is 16.3 Å². The van der Waals surface area contributed by atoms with Gasteiger partial charge < -0.3 is 10.1 Å². The van der Waals surface area contributed by atoms with Crippen molar-refractivity contribution in [3.63, 3.8) is 0 Å². The highest BCUT2D eigenvalue weighted by atomic mass is 35.5. The lowest BCUT2D eigenvalue weighted by atomic mass is 10.2. The molecule has 1 heterocycles. The molecule has 0 unspecified atom stereocenters. The maximum absolute atomic E-state index is 13.8. The third kappa shape index (κ3) is 6.01. The number of carbonyl (C=O) groups is 1. The number of halogens is 4. The summed E-state index contributed by atoms with van der Waals surface area (Å²) >= 11 is 5.79. The predicted octanol–water partition coefficient (Wildman–Crippen LogP) is 4.22. The van der Waals surface area contributed by atoms with Crippen molar-refractivity contribution in [3.05, 3.63) is 71.0 Å². The van der Waals surface area contributed by atoms with Crippen molar-refractivity contribution in [2.45, 2.75) is 6.18 Å². The van der Waals surface area contributed by atoms with Gasteiger partial charge in [0.1, 0.15) is 12.4 Å². The van der Waals surface area contributed by atoms with Gasteiger partial charge in [-0.3, -0.25) is 4.79 Å². The summed E-state index contributed by atoms with van der Waals surface area (Å²) in [6.45, 7) is -0.109. The first-order valence-corrected chi connectivity index (χ1v) is 11.5. The van der Waals surface area contributed by atoms with E-state index in [-0.39, 0.29) is 29.5 Å². The van der Waals surface area contributed by atoms with Crippen molar-refractivity contribution < 1.29 is 31.1 Å². The number of carbonyl (C=O) groups excluding carboxylic acids is 1. The quantitative estimate of drug-likeness (QED) is 0.539. The van der Waals surface area contributed by atoms with Crippen LogP contribution < -0.4 is 10.1 Å². The van der Waals surface area contributed by atoms with Crippen LogP contribution in [0.4, 0.5) is 18.9 Å². The monoisotopic (exact) mass is 487 g/mol. The first-order valence-electron chi connectivity index (χ1n) is 9.07. The maximum Gasteiger partial charge on any atom is 0.434 e. The van der Waals surface area contributed by atoms with E-state index >= 15 is 0 Å². The fourth-order valence-corrected chi connectivity index (χ4v) is 3.25. The standard InChI is InChI=1S/C20H17ClF3N3O4S/c1-32(29,30)10-9-31-16-4-2-3-14(11-16)26-19(28)17-12-25-27(18(17)20(22,23)24)15-7-5-13(21)6-8-15/h2-8,11-12H,9-10H2,1H3,(H,26,28). The van der Waals surface area contributed by atoms with Gasteiger partial charge in [0.2, 0.25) is 0 Å². The number of benzene rings is 2. The van der Waals surface area contributed by atoms with Gasteiger partial charge >= 0.3 is 6.18 Å². The summed E-state index contributed by atoms with van der Waals surface area (Å²) in [7, 11) is -3.22. The number of nitrogens with one attached hydrogen (secondary N) is 1. The predicted molar refractivity (Wildman–Crippen MR) is 113 cm³/mol. The number of rotatable bonds is 7. The van der Waals surface area contributed by atoms with Crippen molar-refractivity contribution >= 4 is 33.0 Å². The number of anilines is 1. The molecule has 0 spiro atoms. The molecular weight excluding hydrogens is 471 g/mol. The zero-order chi connectivity index (χ0) is 23.5. The van der Waals surface area contributed by atoms with E-state index in [1.54, 1.807) is 0 Å². The van der Waals surface area contributed by atoms with Gasteiger partial charge in [-0.2, -0.15) is 18.3 Å². The van der Waals surface area contributed by atoms with Gasteiger partial charge in [-0.25, -0.2) is 13.1 Å². The van der Waals surface area contributed by atoms with Gasteiger partial charge in [0.25, 0.3) is 5.91 Å². The Labute approximate surface area is 186 Å². The number of amides is 1. The van der Waals surface area contributed by atoms with E-state index in [1.165, 1.54) is 48.5 Å². The second-order valence-corrected chi connectivity index (χ2v) is 9.45. The Morgan fingerprint density at radius 3 is 2.50 bits per heavy atom. The summed E-state index contributed by atoms with van der Waals surface area (Å²) in [6.07, 6.45) is -2.96. The molecule has 0 aliphatic carbocycles. The van der Waals surface area contributed by atoms with Crippen LogP contribution in [0, 0.1) is 0 Å². The Morgan fingerprint density at radius 2 is 1.88 bits per heavy atom. The summed E-state index contributed by atoms with van der Waals surface area (Å²) in [5.41, 5.74) is -1.66. The summed E-state index contributed by atoms with van der Waals surface area (Å²) in [6, 6.07) is 11.4. The molecule has 2 aromatic carbocycles. The zero-order valence-corrected chi connectivity index (χ0v) is 18.1. The third-order valence-corrected chi connectivity index (χ3v) is 5.33. The Hall–Kier alpha value is -3.05. The van der Waals surface area contributed by atoms with Gasteiger partial charge in [0, 0.05) is 23.0 Å². The molecule has 0 aliphatic heterocycles. The largest absolute Gasteiger partial charge is 0.492 e. The second kappa shape index (κ2) is 9.21.